The van der Waals surface area contributed by atoms with Crippen molar-refractivity contribution in [2.75, 3.05) is 56.6 Å². The van der Waals surface area contributed by atoms with Crippen molar-refractivity contribution in [1.82, 2.24) is 40.4 Å². The van der Waals surface area contributed by atoms with Gasteiger partial charge in [-0.15, -0.1) is 0 Å². The molecule has 0 saturated carbocycles. The van der Waals surface area contributed by atoms with Crippen molar-refractivity contribution in [3.05, 3.63) is 178 Å². The van der Waals surface area contributed by atoms with Gasteiger partial charge >= 0.3 is 0 Å². The Morgan fingerprint density at radius 2 is 0.588 bits per heavy atom. The third-order valence-electron chi connectivity index (χ3n) is 9.11. The molecule has 1 aromatic carbocycles. The zero-order valence-corrected chi connectivity index (χ0v) is 38.9. The standard InChI is InChI=1S/C40H24N10.2C3H7NO.4CH4O/c41-21-31-35(32(22-42)38(28-7-15-46-16-8-28)49-37(31)27-5-13-45-14-6-27)25-1-2-26(4-3-25)36-33(23-43)39(29-9-17-47-18-10-29)50-40(34(36)24-44)30-11-19-48-20-12-30;2*1-4(2)3-5;4*1-2/h1-20,35-36,49-50H;2*3H,1-2H3;4*2H,1H3. The molecular weight excluding hydrogens is 865 g/mol. The maximum Gasteiger partial charge on any atom is 0.209 e. The van der Waals surface area contributed by atoms with E-state index in [1.807, 2.05) is 72.8 Å². The van der Waals surface area contributed by atoms with Crippen LogP contribution in [-0.2, 0) is 9.59 Å². The highest BCUT2D eigenvalue weighted by molar-refractivity contribution is 5.90. The number of allylic oxidation sites excluding steroid dienone is 4. The summed E-state index contributed by atoms with van der Waals surface area (Å²) >= 11 is 0. The van der Waals surface area contributed by atoms with Gasteiger partial charge in [-0.1, -0.05) is 24.3 Å². The number of aromatic nitrogens is 4. The second kappa shape index (κ2) is 31.9. The summed E-state index contributed by atoms with van der Waals surface area (Å²) in [6.07, 6.45) is 14.7. The van der Waals surface area contributed by atoms with Crippen LogP contribution in [-0.4, -0.2) is 120 Å². The number of pyridine rings is 4. The predicted molar refractivity (Wildman–Crippen MR) is 257 cm³/mol. The molecule has 0 spiro atoms. The van der Waals surface area contributed by atoms with Gasteiger partial charge in [-0.25, -0.2) is 0 Å². The maximum atomic E-state index is 10.6. The van der Waals surface area contributed by atoms with Gasteiger partial charge in [-0.05, 0) is 59.7 Å². The van der Waals surface area contributed by atoms with E-state index in [9.17, 15) is 30.6 Å². The molecule has 0 fully saturated rings. The summed E-state index contributed by atoms with van der Waals surface area (Å²) in [6.45, 7) is 0. The SMILES string of the molecule is CN(C)C=O.CN(C)C=O.CO.CO.CO.CO.N#CC1=C(c2ccncc2)NC(c2ccncc2)=C(C#N)C1c1ccc(C2C(C#N)=C(c3ccncc3)NC(c3ccncc3)=C2C#N)cc1. The summed E-state index contributed by atoms with van der Waals surface area (Å²) in [5, 5.41) is 77.1. The zero-order valence-electron chi connectivity index (χ0n) is 38.9. The van der Waals surface area contributed by atoms with Crippen molar-refractivity contribution in [2.24, 2.45) is 0 Å². The van der Waals surface area contributed by atoms with Crippen molar-refractivity contribution >= 4 is 35.6 Å². The second-order valence-electron chi connectivity index (χ2n) is 13.5. The first-order valence-corrected chi connectivity index (χ1v) is 20.1. The van der Waals surface area contributed by atoms with Gasteiger partial charge in [0.25, 0.3) is 0 Å². The molecule has 18 heteroatoms. The average molecular weight is 919 g/mol. The number of aliphatic hydroxyl groups is 4. The van der Waals surface area contributed by atoms with Crippen molar-refractivity contribution in [1.29, 1.82) is 21.0 Å². The molecule has 2 aliphatic rings. The molecule has 0 aliphatic carbocycles. The van der Waals surface area contributed by atoms with Crippen LogP contribution in [0.1, 0.15) is 45.2 Å². The van der Waals surface area contributed by atoms with E-state index in [4.69, 9.17) is 20.4 Å². The molecule has 2 amide bonds. The number of dihydropyridines is 2. The number of rotatable bonds is 8. The molecule has 350 valence electrons. The number of carbonyl (C=O) groups is 2. The number of hydrogen-bond donors (Lipinski definition) is 6. The number of carbonyl (C=O) groups excluding carboxylic acids is 2. The Bertz CT molecular complexity index is 2300. The number of benzene rings is 1. The van der Waals surface area contributed by atoms with Crippen LogP contribution in [0.2, 0.25) is 0 Å². The van der Waals surface area contributed by atoms with Gasteiger partial charge < -0.3 is 40.9 Å². The number of hydrogen-bond acceptors (Lipinski definition) is 16. The first-order valence-electron chi connectivity index (χ1n) is 20.1. The Labute approximate surface area is 396 Å². The topological polar surface area (TPSA) is 292 Å². The van der Waals surface area contributed by atoms with E-state index in [2.05, 4.69) is 54.8 Å². The lowest BCUT2D eigenvalue weighted by Crippen LogP contribution is -2.25. The molecule has 7 rings (SSSR count). The number of nitriles is 4. The molecule has 0 atom stereocenters. The molecule has 6 heterocycles. The van der Waals surface area contributed by atoms with E-state index in [-0.39, 0.29) is 0 Å². The summed E-state index contributed by atoms with van der Waals surface area (Å²) in [6, 6.07) is 31.4. The highest BCUT2D eigenvalue weighted by atomic mass is 16.2. The molecule has 18 nitrogen and oxygen atoms in total. The molecule has 68 heavy (non-hydrogen) atoms. The summed E-state index contributed by atoms with van der Waals surface area (Å²) in [7, 11) is 10.8. The molecule has 4 aromatic heterocycles. The Balaban J connectivity index is 0.00000112. The molecule has 0 unspecified atom stereocenters. The van der Waals surface area contributed by atoms with Crippen LogP contribution < -0.4 is 10.6 Å². The molecule has 0 saturated heterocycles. The predicted octanol–water partition coefficient (Wildman–Crippen LogP) is 4.22. The summed E-state index contributed by atoms with van der Waals surface area (Å²) < 4.78 is 0. The molecule has 6 N–H and O–H groups in total. The van der Waals surface area contributed by atoms with Gasteiger partial charge in [0, 0.05) is 128 Å². The lowest BCUT2D eigenvalue weighted by atomic mass is 9.76. The minimum atomic E-state index is -0.712. The van der Waals surface area contributed by atoms with Crippen molar-refractivity contribution in [3.63, 3.8) is 0 Å². The number of aliphatic hydroxyl groups excluding tert-OH is 4. The van der Waals surface area contributed by atoms with Gasteiger partial charge in [-0.2, -0.15) is 21.0 Å². The molecule has 2 aliphatic heterocycles. The van der Waals surface area contributed by atoms with Crippen LogP contribution in [0.15, 0.2) is 145 Å². The normalized spacial score (nSPS) is 12.4. The largest absolute Gasteiger partial charge is 0.400 e. The fourth-order valence-corrected chi connectivity index (χ4v) is 6.40. The minimum absolute atomic E-state index is 0.371. The first-order chi connectivity index (χ1) is 33.2. The minimum Gasteiger partial charge on any atom is -0.400 e. The van der Waals surface area contributed by atoms with Gasteiger partial charge in [0.15, 0.2) is 0 Å². The van der Waals surface area contributed by atoms with E-state index in [0.29, 0.717) is 56.2 Å². The summed E-state index contributed by atoms with van der Waals surface area (Å²) in [5.74, 6) is -1.42. The number of nitrogens with one attached hydrogen (secondary N) is 2. The van der Waals surface area contributed by atoms with E-state index in [1.165, 1.54) is 9.80 Å². The monoisotopic (exact) mass is 918 g/mol. The molecular formula is C50H54N12O6. The third-order valence-corrected chi connectivity index (χ3v) is 9.11. The number of amides is 2. The second-order valence-corrected chi connectivity index (χ2v) is 13.5. The van der Waals surface area contributed by atoms with Gasteiger partial charge in [0.1, 0.15) is 0 Å². The van der Waals surface area contributed by atoms with Gasteiger partial charge in [-0.3, -0.25) is 29.5 Å². The summed E-state index contributed by atoms with van der Waals surface area (Å²) in [4.78, 5) is 38.3. The molecule has 5 aromatic rings. The summed E-state index contributed by atoms with van der Waals surface area (Å²) in [5.41, 5.74) is 8.15. The smallest absolute Gasteiger partial charge is 0.209 e. The fourth-order valence-electron chi connectivity index (χ4n) is 6.40. The highest BCUT2D eigenvalue weighted by Gasteiger charge is 2.36. The van der Waals surface area contributed by atoms with Crippen LogP contribution in [0.4, 0.5) is 0 Å². The lowest BCUT2D eigenvalue weighted by molar-refractivity contribution is -0.116. The molecule has 0 bridgehead atoms. The van der Waals surface area contributed by atoms with E-state index in [0.717, 1.165) is 63.5 Å². The molecule has 0 radical (unpaired) electrons. The van der Waals surface area contributed by atoms with Crippen LogP contribution in [0, 0.1) is 45.3 Å². The Hall–Kier alpha value is -8.88. The van der Waals surface area contributed by atoms with Crippen molar-refractivity contribution < 1.29 is 30.0 Å². The highest BCUT2D eigenvalue weighted by Crippen LogP contribution is 2.45. The van der Waals surface area contributed by atoms with Crippen LogP contribution in [0.5, 0.6) is 0 Å². The first kappa shape index (κ1) is 57.1. The average Bonchev–Trinajstić information content (AvgIpc) is 3.43. The Morgan fingerprint density at radius 1 is 0.412 bits per heavy atom. The van der Waals surface area contributed by atoms with Crippen LogP contribution >= 0.6 is 0 Å². The zero-order chi connectivity index (χ0) is 51.0. The van der Waals surface area contributed by atoms with Gasteiger partial charge in [0.05, 0.1) is 81.2 Å². The van der Waals surface area contributed by atoms with E-state index >= 15 is 0 Å². The van der Waals surface area contributed by atoms with E-state index in [1.54, 1.807) is 77.8 Å². The number of nitrogens with zero attached hydrogens (tertiary/aromatic N) is 10. The van der Waals surface area contributed by atoms with Crippen molar-refractivity contribution in [2.45, 2.75) is 11.8 Å². The lowest BCUT2D eigenvalue weighted by Gasteiger charge is -2.31. The van der Waals surface area contributed by atoms with E-state index < -0.39 is 11.8 Å². The third kappa shape index (κ3) is 15.1. The van der Waals surface area contributed by atoms with Crippen LogP contribution in [0.25, 0.3) is 22.8 Å². The van der Waals surface area contributed by atoms with Crippen LogP contribution in [0.3, 0.4) is 0 Å². The Kier molecular flexibility index (Phi) is 26.8. The Morgan fingerprint density at radius 3 is 0.735 bits per heavy atom. The van der Waals surface area contributed by atoms with Crippen molar-refractivity contribution in [3.8, 4) is 24.3 Å². The maximum absolute atomic E-state index is 10.6. The fraction of sp³-hybridized carbons (Fsp3) is 0.200. The quantitative estimate of drug-likeness (QED) is 0.119. The van der Waals surface area contributed by atoms with Gasteiger partial charge in [0.2, 0.25) is 12.8 Å².